The highest BCUT2D eigenvalue weighted by Gasteiger charge is 2.39. The quantitative estimate of drug-likeness (QED) is 0.319. The van der Waals surface area contributed by atoms with Crippen LogP contribution < -0.4 is 5.32 Å². The fourth-order valence-electron chi connectivity index (χ4n) is 5.15. The largest absolute Gasteiger partial charge is 0.490 e. The summed E-state index contributed by atoms with van der Waals surface area (Å²) in [6.07, 6.45) is -5.79. The molecule has 18 heteroatoms. The van der Waals surface area contributed by atoms with Gasteiger partial charge >= 0.3 is 24.3 Å². The molecular weight excluding hydrogens is 621 g/mol. The summed E-state index contributed by atoms with van der Waals surface area (Å²) in [5.41, 5.74) is 1.53. The van der Waals surface area contributed by atoms with Gasteiger partial charge in [-0.3, -0.25) is 4.90 Å². The van der Waals surface area contributed by atoms with Gasteiger partial charge in [-0.1, -0.05) is 26.0 Å². The highest BCUT2D eigenvalue weighted by Crippen LogP contribution is 2.35. The molecule has 0 saturated carbocycles. The van der Waals surface area contributed by atoms with Crippen LogP contribution >= 0.6 is 0 Å². The van der Waals surface area contributed by atoms with Crippen molar-refractivity contribution in [3.05, 3.63) is 35.6 Å². The zero-order chi connectivity index (χ0) is 33.7. The van der Waals surface area contributed by atoms with Crippen LogP contribution in [0.3, 0.4) is 0 Å². The number of aliphatic carboxylic acids is 2. The molecule has 3 aromatic rings. The first kappa shape index (κ1) is 35.7. The summed E-state index contributed by atoms with van der Waals surface area (Å²) in [6.45, 7) is 10.8. The van der Waals surface area contributed by atoms with E-state index >= 15 is 0 Å². The molecule has 2 saturated heterocycles. The normalized spacial score (nSPS) is 17.8. The second-order valence-corrected chi connectivity index (χ2v) is 11.1. The number of piperidine rings is 2. The van der Waals surface area contributed by atoms with E-state index in [-0.39, 0.29) is 23.2 Å². The average molecular weight is 655 g/mol. The topological polar surface area (TPSA) is 147 Å². The number of halogens is 7. The minimum atomic E-state index is -5.08. The Morgan fingerprint density at radius 2 is 1.56 bits per heavy atom. The molecule has 2 aliphatic rings. The number of fused-ring (bicyclic) bond motifs is 1. The molecule has 2 fully saturated rings. The van der Waals surface area contributed by atoms with E-state index in [4.69, 9.17) is 24.3 Å². The first-order chi connectivity index (χ1) is 20.8. The van der Waals surface area contributed by atoms with Crippen LogP contribution in [0.1, 0.15) is 69.9 Å². The lowest BCUT2D eigenvalue weighted by molar-refractivity contribution is -0.193. The maximum absolute atomic E-state index is 14.7. The number of carboxylic acids is 2. The van der Waals surface area contributed by atoms with Crippen LogP contribution in [0.5, 0.6) is 0 Å². The lowest BCUT2D eigenvalue weighted by atomic mass is 9.85. The van der Waals surface area contributed by atoms with Crippen molar-refractivity contribution in [3.8, 4) is 5.95 Å². The Kier molecular flexibility index (Phi) is 11.2. The first-order valence-corrected chi connectivity index (χ1v) is 13.9. The Hall–Kier alpha value is -3.80. The van der Waals surface area contributed by atoms with Gasteiger partial charge in [0, 0.05) is 16.8 Å². The van der Waals surface area contributed by atoms with Crippen LogP contribution in [0.25, 0.3) is 16.9 Å². The number of likely N-dealkylation sites (tertiary alicyclic amines) is 1. The second-order valence-electron chi connectivity index (χ2n) is 11.1. The summed E-state index contributed by atoms with van der Waals surface area (Å²) in [4.78, 5) is 25.1. The van der Waals surface area contributed by atoms with Crippen molar-refractivity contribution in [3.63, 3.8) is 0 Å². The van der Waals surface area contributed by atoms with E-state index in [0.29, 0.717) is 17.4 Å². The average Bonchev–Trinajstić information content (AvgIpc) is 3.59. The molecule has 4 heterocycles. The third-order valence-electron chi connectivity index (χ3n) is 7.62. The number of benzene rings is 1. The highest BCUT2D eigenvalue weighted by atomic mass is 19.4. The van der Waals surface area contributed by atoms with Gasteiger partial charge in [-0.2, -0.15) is 41.1 Å². The van der Waals surface area contributed by atoms with Crippen LogP contribution in [0.4, 0.5) is 30.7 Å². The van der Waals surface area contributed by atoms with Gasteiger partial charge in [-0.05, 0) is 75.9 Å². The van der Waals surface area contributed by atoms with Gasteiger partial charge in [-0.25, -0.2) is 14.0 Å². The molecule has 0 bridgehead atoms. The van der Waals surface area contributed by atoms with Gasteiger partial charge < -0.3 is 20.1 Å². The zero-order valence-electron chi connectivity index (χ0n) is 24.5. The molecule has 2 aliphatic heterocycles. The predicted octanol–water partition coefficient (Wildman–Crippen LogP) is 5.26. The fourth-order valence-corrected chi connectivity index (χ4v) is 5.15. The van der Waals surface area contributed by atoms with Gasteiger partial charge in [0.1, 0.15) is 11.3 Å². The number of alkyl halides is 6. The van der Waals surface area contributed by atoms with Crippen molar-refractivity contribution >= 4 is 22.8 Å². The summed E-state index contributed by atoms with van der Waals surface area (Å²) in [5, 5.41) is 27.3. The van der Waals surface area contributed by atoms with E-state index in [9.17, 15) is 30.7 Å². The molecule has 0 spiro atoms. The number of para-hydroxylation sites is 1. The summed E-state index contributed by atoms with van der Waals surface area (Å²) >= 11 is 0. The van der Waals surface area contributed by atoms with E-state index in [1.54, 1.807) is 6.07 Å². The summed E-state index contributed by atoms with van der Waals surface area (Å²) < 4.78 is 85.3. The molecule has 5 rings (SSSR count). The Labute approximate surface area is 252 Å². The number of hydrogen-bond donors (Lipinski definition) is 3. The maximum atomic E-state index is 14.7. The molecule has 3 N–H and O–H groups in total. The molecule has 0 atom stereocenters. The molecule has 0 unspecified atom stereocenters. The van der Waals surface area contributed by atoms with E-state index < -0.39 is 24.3 Å². The Morgan fingerprint density at radius 3 is 2.04 bits per heavy atom. The second kappa shape index (κ2) is 14.1. The van der Waals surface area contributed by atoms with Crippen molar-refractivity contribution in [1.29, 1.82) is 0 Å². The standard InChI is InChI=1S/C23H31FN6O.2C2HF3O2/c1-15(2)19-17-5-4-6-18(24)20(17)30(27-19)22-26-21(31-28-22)16-7-13-29(14-8-16)23(3)9-11-25-12-10-23;2*3-2(4,5)1(6)7/h4-6,15-16,25H,7-14H2,1-3H3;2*(H,6,7). The van der Waals surface area contributed by atoms with E-state index in [1.807, 2.05) is 6.07 Å². The lowest BCUT2D eigenvalue weighted by Gasteiger charge is -2.47. The summed E-state index contributed by atoms with van der Waals surface area (Å²) in [7, 11) is 0. The molecule has 250 valence electrons. The van der Waals surface area contributed by atoms with E-state index in [1.165, 1.54) is 23.6 Å². The highest BCUT2D eigenvalue weighted by molar-refractivity contribution is 5.84. The van der Waals surface area contributed by atoms with Crippen molar-refractivity contribution in [2.75, 3.05) is 26.2 Å². The van der Waals surface area contributed by atoms with Gasteiger partial charge in [0.15, 0.2) is 0 Å². The van der Waals surface area contributed by atoms with Gasteiger partial charge in [0.25, 0.3) is 5.95 Å². The number of rotatable bonds is 4. The minimum absolute atomic E-state index is 0.164. The van der Waals surface area contributed by atoms with Crippen molar-refractivity contribution < 1.29 is 55.1 Å². The number of aromatic nitrogens is 4. The SMILES string of the molecule is CC(C)c1nn(-c2noc(C3CCN(C4(C)CCNCC4)CC3)n2)c2c(F)cccc12.O=C(O)C(F)(F)F.O=C(O)C(F)(F)F. The van der Waals surface area contributed by atoms with Gasteiger partial charge in [0.2, 0.25) is 5.89 Å². The zero-order valence-corrected chi connectivity index (χ0v) is 24.5. The van der Waals surface area contributed by atoms with Crippen LogP contribution in [0, 0.1) is 5.82 Å². The first-order valence-electron chi connectivity index (χ1n) is 13.9. The number of hydrogen-bond acceptors (Lipinski definition) is 8. The van der Waals surface area contributed by atoms with Crippen LogP contribution in [-0.2, 0) is 9.59 Å². The molecule has 2 aromatic heterocycles. The van der Waals surface area contributed by atoms with Crippen LogP contribution in [0.2, 0.25) is 0 Å². The lowest BCUT2D eigenvalue weighted by Crippen LogP contribution is -2.54. The Balaban J connectivity index is 0.000000331. The van der Waals surface area contributed by atoms with E-state index in [0.717, 1.165) is 50.1 Å². The molecule has 11 nitrogen and oxygen atoms in total. The van der Waals surface area contributed by atoms with Crippen LogP contribution in [-0.4, -0.2) is 91.0 Å². The van der Waals surface area contributed by atoms with Crippen molar-refractivity contribution in [1.82, 2.24) is 30.1 Å². The van der Waals surface area contributed by atoms with Crippen LogP contribution in [0.15, 0.2) is 22.7 Å². The monoisotopic (exact) mass is 654 g/mol. The number of nitrogens with zero attached hydrogens (tertiary/aromatic N) is 5. The molecule has 45 heavy (non-hydrogen) atoms. The smallest absolute Gasteiger partial charge is 0.475 e. The summed E-state index contributed by atoms with van der Waals surface area (Å²) in [5.74, 6) is -4.50. The van der Waals surface area contributed by atoms with Gasteiger partial charge in [0.05, 0.1) is 5.69 Å². The Morgan fingerprint density at radius 1 is 1.02 bits per heavy atom. The van der Waals surface area contributed by atoms with Crippen molar-refractivity contribution in [2.45, 2.75) is 76.2 Å². The Bertz CT molecular complexity index is 1430. The number of carbonyl (C=O) groups is 2. The molecular formula is C27H33F7N6O5. The predicted molar refractivity (Wildman–Crippen MR) is 144 cm³/mol. The molecule has 0 aliphatic carbocycles. The third kappa shape index (κ3) is 8.90. The number of nitrogens with one attached hydrogen (secondary N) is 1. The molecule has 0 amide bonds. The van der Waals surface area contributed by atoms with Gasteiger partial charge in [-0.15, -0.1) is 0 Å². The van der Waals surface area contributed by atoms with E-state index in [2.05, 4.69) is 46.2 Å². The molecule has 0 radical (unpaired) electrons. The van der Waals surface area contributed by atoms with Crippen molar-refractivity contribution in [2.24, 2.45) is 0 Å². The third-order valence-corrected chi connectivity index (χ3v) is 7.62. The maximum Gasteiger partial charge on any atom is 0.490 e. The molecule has 1 aromatic carbocycles. The fraction of sp³-hybridized carbons (Fsp3) is 0.593. The number of carboxylic acid groups (broad SMARTS) is 2. The minimum Gasteiger partial charge on any atom is -0.475 e. The summed E-state index contributed by atoms with van der Waals surface area (Å²) in [6, 6.07) is 5.06.